The third kappa shape index (κ3) is 7.17. The van der Waals surface area contributed by atoms with Gasteiger partial charge in [0.15, 0.2) is 0 Å². The van der Waals surface area contributed by atoms with Gasteiger partial charge < -0.3 is 28.4 Å². The summed E-state index contributed by atoms with van der Waals surface area (Å²) in [7, 11) is 0. The summed E-state index contributed by atoms with van der Waals surface area (Å²) in [6.07, 6.45) is 8.28. The molecule has 0 aromatic heterocycles. The van der Waals surface area contributed by atoms with Gasteiger partial charge in [-0.25, -0.2) is 0 Å². The van der Waals surface area contributed by atoms with Gasteiger partial charge in [-0.05, 0) is 84.7 Å². The van der Waals surface area contributed by atoms with Crippen molar-refractivity contribution in [2.24, 2.45) is 0 Å². The van der Waals surface area contributed by atoms with Gasteiger partial charge in [-0.1, -0.05) is 56.1 Å². The van der Waals surface area contributed by atoms with Gasteiger partial charge >= 0.3 is 0 Å². The molecule has 39 heavy (non-hydrogen) atoms. The van der Waals surface area contributed by atoms with Crippen molar-refractivity contribution in [3.05, 3.63) is 128 Å². The smallest absolute Gasteiger partial charge is 0.229 e. The molecule has 1 saturated carbocycles. The van der Waals surface area contributed by atoms with Crippen molar-refractivity contribution in [2.45, 2.75) is 37.0 Å². The largest absolute Gasteiger partial charge is 0.466 e. The van der Waals surface area contributed by atoms with Gasteiger partial charge in [-0.3, -0.25) is 0 Å². The molecule has 0 spiro atoms. The maximum absolute atomic E-state index is 5.65. The van der Waals surface area contributed by atoms with E-state index >= 15 is 0 Å². The highest BCUT2D eigenvalue weighted by Crippen LogP contribution is 2.49. The standard InChI is InChI=1S/C33H36O6/c1-4-34-23-37-30-13-7-26(8-14-30)27-19-21-33(22-20-27,28-9-15-31(16-10-28)38-24-35-5-2)29-11-17-32(18-12-29)39-25-36-6-3/h4-18,27H,1-3,19-25H2. The Bertz CT molecular complexity index is 1120. The van der Waals surface area contributed by atoms with Crippen LogP contribution < -0.4 is 14.2 Å². The average molecular weight is 529 g/mol. The van der Waals surface area contributed by atoms with Crippen LogP contribution in [0.1, 0.15) is 48.3 Å². The Labute approximate surface area is 231 Å². The highest BCUT2D eigenvalue weighted by molar-refractivity contribution is 5.44. The summed E-state index contributed by atoms with van der Waals surface area (Å²) in [4.78, 5) is 0. The first-order valence-corrected chi connectivity index (χ1v) is 13.1. The molecule has 1 aliphatic carbocycles. The van der Waals surface area contributed by atoms with Crippen molar-refractivity contribution in [3.8, 4) is 17.2 Å². The fourth-order valence-corrected chi connectivity index (χ4v) is 5.22. The summed E-state index contributed by atoms with van der Waals surface area (Å²) in [5.41, 5.74) is 3.76. The molecule has 0 atom stereocenters. The lowest BCUT2D eigenvalue weighted by molar-refractivity contribution is 0.0803. The molecule has 3 aromatic rings. The van der Waals surface area contributed by atoms with Crippen LogP contribution in [0.4, 0.5) is 0 Å². The zero-order chi connectivity index (χ0) is 27.3. The second-order valence-corrected chi connectivity index (χ2v) is 9.26. The molecule has 3 aromatic carbocycles. The van der Waals surface area contributed by atoms with E-state index < -0.39 is 0 Å². The van der Waals surface area contributed by atoms with Crippen LogP contribution in [0.3, 0.4) is 0 Å². The first kappa shape index (κ1) is 27.7. The van der Waals surface area contributed by atoms with Crippen LogP contribution in [0.15, 0.2) is 111 Å². The molecule has 0 saturated heterocycles. The molecule has 0 radical (unpaired) electrons. The molecule has 0 bridgehead atoms. The van der Waals surface area contributed by atoms with E-state index in [2.05, 4.69) is 56.1 Å². The van der Waals surface area contributed by atoms with Gasteiger partial charge in [-0.15, -0.1) is 0 Å². The second kappa shape index (κ2) is 14.0. The Kier molecular flexibility index (Phi) is 9.95. The molecular formula is C33H36O6. The number of rotatable bonds is 15. The summed E-state index contributed by atoms with van der Waals surface area (Å²) in [5.74, 6) is 2.79. The minimum atomic E-state index is -0.117. The van der Waals surface area contributed by atoms with Crippen LogP contribution in [0, 0.1) is 0 Å². The topological polar surface area (TPSA) is 55.4 Å². The SMILES string of the molecule is C=COCOc1ccc(C2CCC(c3ccc(OCOC=C)cc3)(c3ccc(OCOC=C)cc3)CC2)cc1. The van der Waals surface area contributed by atoms with Gasteiger partial charge in [0.2, 0.25) is 20.4 Å². The van der Waals surface area contributed by atoms with Crippen molar-refractivity contribution in [1.82, 2.24) is 0 Å². The maximum Gasteiger partial charge on any atom is 0.229 e. The quantitative estimate of drug-likeness (QED) is 0.114. The number of hydrogen-bond donors (Lipinski definition) is 0. The molecule has 0 amide bonds. The molecule has 6 nitrogen and oxygen atoms in total. The highest BCUT2D eigenvalue weighted by Gasteiger charge is 2.38. The molecule has 6 heteroatoms. The third-order valence-electron chi connectivity index (χ3n) is 7.24. The van der Waals surface area contributed by atoms with E-state index in [1.807, 2.05) is 36.4 Å². The second-order valence-electron chi connectivity index (χ2n) is 9.26. The first-order chi connectivity index (χ1) is 19.2. The number of benzene rings is 3. The lowest BCUT2D eigenvalue weighted by Gasteiger charge is -2.41. The lowest BCUT2D eigenvalue weighted by Crippen LogP contribution is -2.32. The number of ether oxygens (including phenoxy) is 6. The summed E-state index contributed by atoms with van der Waals surface area (Å²) in [6.45, 7) is 11.1. The van der Waals surface area contributed by atoms with E-state index in [1.165, 1.54) is 35.5 Å². The highest BCUT2D eigenvalue weighted by atomic mass is 16.7. The van der Waals surface area contributed by atoms with Gasteiger partial charge in [0.05, 0.1) is 18.8 Å². The molecule has 0 N–H and O–H groups in total. The zero-order valence-corrected chi connectivity index (χ0v) is 22.3. The first-order valence-electron chi connectivity index (χ1n) is 13.1. The Morgan fingerprint density at radius 1 is 0.564 bits per heavy atom. The van der Waals surface area contributed by atoms with Crippen molar-refractivity contribution in [2.75, 3.05) is 20.4 Å². The van der Waals surface area contributed by atoms with Crippen molar-refractivity contribution >= 4 is 0 Å². The Balaban J connectivity index is 1.52. The Hall–Kier alpha value is -4.32. The van der Waals surface area contributed by atoms with Crippen LogP contribution in [0.25, 0.3) is 0 Å². The molecule has 0 unspecified atom stereocenters. The summed E-state index contributed by atoms with van der Waals surface area (Å²) >= 11 is 0. The summed E-state index contributed by atoms with van der Waals surface area (Å²) < 4.78 is 32.2. The summed E-state index contributed by atoms with van der Waals surface area (Å²) in [5, 5.41) is 0. The Morgan fingerprint density at radius 3 is 1.28 bits per heavy atom. The van der Waals surface area contributed by atoms with E-state index in [4.69, 9.17) is 28.4 Å². The molecule has 0 heterocycles. The fourth-order valence-electron chi connectivity index (χ4n) is 5.22. The van der Waals surface area contributed by atoms with Crippen LogP contribution in [-0.4, -0.2) is 20.4 Å². The van der Waals surface area contributed by atoms with Gasteiger partial charge in [0, 0.05) is 5.41 Å². The third-order valence-corrected chi connectivity index (χ3v) is 7.24. The van der Waals surface area contributed by atoms with Crippen molar-refractivity contribution < 1.29 is 28.4 Å². The van der Waals surface area contributed by atoms with E-state index in [-0.39, 0.29) is 25.8 Å². The van der Waals surface area contributed by atoms with Crippen LogP contribution >= 0.6 is 0 Å². The van der Waals surface area contributed by atoms with Gasteiger partial charge in [0.1, 0.15) is 17.2 Å². The zero-order valence-electron chi connectivity index (χ0n) is 22.3. The average Bonchev–Trinajstić information content (AvgIpc) is 2.99. The van der Waals surface area contributed by atoms with E-state index in [1.54, 1.807) is 0 Å². The van der Waals surface area contributed by atoms with Gasteiger partial charge in [0.25, 0.3) is 0 Å². The fraction of sp³-hybridized carbons (Fsp3) is 0.273. The van der Waals surface area contributed by atoms with Crippen LogP contribution in [0.2, 0.25) is 0 Å². The normalized spacial score (nSPS) is 14.5. The lowest BCUT2D eigenvalue weighted by atomic mass is 9.62. The van der Waals surface area contributed by atoms with E-state index in [9.17, 15) is 0 Å². The van der Waals surface area contributed by atoms with E-state index in [0.29, 0.717) is 5.92 Å². The monoisotopic (exact) mass is 528 g/mol. The summed E-state index contributed by atoms with van der Waals surface area (Å²) in [6, 6.07) is 25.1. The van der Waals surface area contributed by atoms with Crippen molar-refractivity contribution in [1.29, 1.82) is 0 Å². The predicted octanol–water partition coefficient (Wildman–Crippen LogP) is 7.82. The van der Waals surface area contributed by atoms with Crippen LogP contribution in [-0.2, 0) is 19.6 Å². The molecule has 204 valence electrons. The molecule has 1 aliphatic rings. The van der Waals surface area contributed by atoms with Crippen LogP contribution in [0.5, 0.6) is 17.2 Å². The van der Waals surface area contributed by atoms with E-state index in [0.717, 1.165) is 42.9 Å². The molecule has 4 rings (SSSR count). The molecule has 1 fully saturated rings. The minimum absolute atomic E-state index is 0.117. The number of hydrogen-bond acceptors (Lipinski definition) is 6. The van der Waals surface area contributed by atoms with Crippen molar-refractivity contribution in [3.63, 3.8) is 0 Å². The molecule has 0 aliphatic heterocycles. The molecular weight excluding hydrogens is 492 g/mol. The predicted molar refractivity (Wildman–Crippen MR) is 152 cm³/mol. The minimum Gasteiger partial charge on any atom is -0.466 e. The Morgan fingerprint density at radius 2 is 0.923 bits per heavy atom. The van der Waals surface area contributed by atoms with Gasteiger partial charge in [-0.2, -0.15) is 0 Å². The maximum atomic E-state index is 5.65.